The molecule has 0 aromatic heterocycles. The molecule has 0 aliphatic heterocycles. The molecule has 0 heterocycles. The predicted octanol–water partition coefficient (Wildman–Crippen LogP) is 6.76. The molecule has 1 aromatic rings. The van der Waals surface area contributed by atoms with Crippen LogP contribution in [0.25, 0.3) is 0 Å². The summed E-state index contributed by atoms with van der Waals surface area (Å²) in [6.07, 6.45) is 35.5. The fourth-order valence-electron chi connectivity index (χ4n) is 4.23. The van der Waals surface area contributed by atoms with Crippen molar-refractivity contribution >= 4 is 11.8 Å². The van der Waals surface area contributed by atoms with Crippen LogP contribution in [0.15, 0.2) is 30.3 Å². The minimum atomic E-state index is -0.272. The zero-order chi connectivity index (χ0) is 24.2. The van der Waals surface area contributed by atoms with E-state index in [2.05, 4.69) is 108 Å². The summed E-state index contributed by atoms with van der Waals surface area (Å²) in [5.41, 5.74) is 1.03. The quantitative estimate of drug-likeness (QED) is 0.344. The van der Waals surface area contributed by atoms with Gasteiger partial charge in [0.2, 0.25) is 0 Å². The maximum Gasteiger partial charge on any atom is 2.00 e. The van der Waals surface area contributed by atoms with E-state index in [0.717, 1.165) is 0 Å². The second-order valence-electron chi connectivity index (χ2n) is 8.54. The third-order valence-electron chi connectivity index (χ3n) is 5.58. The fourth-order valence-corrected chi connectivity index (χ4v) is 5.24. The number of nitrogens with zero attached hydrogens (tertiary/aromatic N) is 1. The topological polar surface area (TPSA) is 3.24 Å². The van der Waals surface area contributed by atoms with E-state index in [9.17, 15) is 0 Å². The number of benzene rings is 1. The Morgan fingerprint density at radius 2 is 1.08 bits per heavy atom. The molecule has 1 nitrogen and oxygen atoms in total. The third-order valence-corrected chi connectivity index (χ3v) is 6.66. The van der Waals surface area contributed by atoms with Crippen LogP contribution >= 0.6 is 11.8 Å². The largest absolute Gasteiger partial charge is 2.00 e. The van der Waals surface area contributed by atoms with Crippen LogP contribution in [0.4, 0.5) is 0 Å². The molecule has 0 saturated heterocycles. The van der Waals surface area contributed by atoms with Crippen molar-refractivity contribution in [3.63, 3.8) is 0 Å². The molecule has 4 heteroatoms. The van der Waals surface area contributed by atoms with Crippen LogP contribution in [-0.4, -0.2) is 24.2 Å². The Hall–Kier alpha value is 0.569. The van der Waals surface area contributed by atoms with Crippen LogP contribution in [0, 0.1) is 126 Å². The van der Waals surface area contributed by atoms with Crippen LogP contribution in [-0.2, 0) is 39.7 Å². The Morgan fingerprint density at radius 1 is 0.611 bits per heavy atom. The van der Waals surface area contributed by atoms with Crippen LogP contribution in [0.5, 0.6) is 0 Å². The van der Waals surface area contributed by atoms with E-state index in [1.165, 1.54) is 22.6 Å². The van der Waals surface area contributed by atoms with Crippen molar-refractivity contribution in [2.75, 3.05) is 14.1 Å². The van der Waals surface area contributed by atoms with Crippen molar-refractivity contribution in [1.29, 1.82) is 0 Å². The molecule has 4 fully saturated rings. The van der Waals surface area contributed by atoms with Gasteiger partial charge < -0.3 is 0 Å². The van der Waals surface area contributed by atoms with Gasteiger partial charge in [-0.15, -0.1) is 11.8 Å². The summed E-state index contributed by atoms with van der Waals surface area (Å²) in [5.74, 6) is 2.68. The van der Waals surface area contributed by atoms with Crippen molar-refractivity contribution in [3.05, 3.63) is 162 Å². The van der Waals surface area contributed by atoms with Gasteiger partial charge in [0, 0.05) is 17.1 Å². The molecule has 4 aliphatic carbocycles. The fraction of sp³-hybridized carbons (Fsp3) is 0.188. The first-order valence-electron chi connectivity index (χ1n) is 11.8. The van der Waals surface area contributed by atoms with Crippen LogP contribution in [0.2, 0.25) is 0 Å². The normalized spacial score (nSPS) is 22.3. The van der Waals surface area contributed by atoms with Gasteiger partial charge in [0.1, 0.15) is 0 Å². The average Bonchev–Trinajstić information content (AvgIpc) is 3.66. The molecule has 0 unspecified atom stereocenters. The Labute approximate surface area is 250 Å². The SMILES string of the molecule is CC(C)S[C]1[CH][CH][CH][C]1[C@@]([C]1[CH][CH][CH][CH]1)(c1ccccc1)N(C)C.[CH]1[CH][CH][CH][CH]1.[CH]1[CH][CH][CH][CH]1.[Fe+2].[Fe+2]. The van der Waals surface area contributed by atoms with Crippen molar-refractivity contribution in [1.82, 2.24) is 4.90 Å². The summed E-state index contributed by atoms with van der Waals surface area (Å²) in [6, 6.07) is 10.8. The molecular weight excluding hydrogens is 542 g/mol. The minimum absolute atomic E-state index is 0. The first-order valence-corrected chi connectivity index (χ1v) is 12.7. The van der Waals surface area contributed by atoms with Gasteiger partial charge in [0.05, 0.1) is 5.54 Å². The van der Waals surface area contributed by atoms with Crippen LogP contribution < -0.4 is 0 Å². The number of thioether (sulfide) groups is 1. The molecule has 4 saturated carbocycles. The van der Waals surface area contributed by atoms with Crippen LogP contribution in [0.3, 0.4) is 0 Å². The molecule has 0 N–H and O–H groups in total. The maximum absolute atomic E-state index is 2.34. The standard InChI is InChI=1S/C22H25NS.2C5H5.2Fe/c1-17(2)24-21-16-10-15-20(21)22(23(3)4,19-13-8-9-14-19)18-11-6-5-7-12-18;2*1-2-4-5-3-1;;/h5-17H,1-4H3;2*1-5H;;/q;;;2*+2/t22-;;;;/m0..../s1. The van der Waals surface area contributed by atoms with Gasteiger partial charge in [-0.1, -0.05) is 44.2 Å². The molecule has 0 amide bonds. The summed E-state index contributed by atoms with van der Waals surface area (Å²) >= 11 is 1.94. The van der Waals surface area contributed by atoms with Gasteiger partial charge >= 0.3 is 34.1 Å². The van der Waals surface area contributed by atoms with E-state index >= 15 is 0 Å². The molecular formula is C32H35Fe2NS+4. The summed E-state index contributed by atoms with van der Waals surface area (Å²) in [6.45, 7) is 4.51. The van der Waals surface area contributed by atoms with Crippen molar-refractivity contribution in [3.8, 4) is 0 Å². The zero-order valence-corrected chi connectivity index (χ0v) is 24.4. The zero-order valence-electron chi connectivity index (χ0n) is 21.3. The summed E-state index contributed by atoms with van der Waals surface area (Å²) in [7, 11) is 4.35. The number of hydrogen-bond donors (Lipinski definition) is 0. The first kappa shape index (κ1) is 34.6. The molecule has 5 rings (SSSR count). The van der Waals surface area contributed by atoms with Crippen molar-refractivity contribution < 1.29 is 34.1 Å². The number of hydrogen-bond acceptors (Lipinski definition) is 2. The molecule has 20 radical (unpaired) electrons. The second kappa shape index (κ2) is 18.8. The van der Waals surface area contributed by atoms with Gasteiger partial charge in [-0.3, -0.25) is 4.90 Å². The maximum atomic E-state index is 2.34. The van der Waals surface area contributed by atoms with E-state index in [4.69, 9.17) is 0 Å². The van der Waals surface area contributed by atoms with E-state index < -0.39 is 0 Å². The smallest absolute Gasteiger partial charge is 0.299 e. The van der Waals surface area contributed by atoms with Crippen LogP contribution in [0.1, 0.15) is 19.4 Å². The van der Waals surface area contributed by atoms with Crippen molar-refractivity contribution in [2.24, 2.45) is 0 Å². The van der Waals surface area contributed by atoms with Gasteiger partial charge in [0.25, 0.3) is 0 Å². The Bertz CT molecular complexity index is 628. The predicted molar refractivity (Wildman–Crippen MR) is 147 cm³/mol. The number of rotatable bonds is 6. The molecule has 0 spiro atoms. The minimum Gasteiger partial charge on any atom is -0.299 e. The van der Waals surface area contributed by atoms with E-state index in [-0.39, 0.29) is 39.7 Å². The van der Waals surface area contributed by atoms with Gasteiger partial charge in [-0.25, -0.2) is 0 Å². The summed E-state index contributed by atoms with van der Waals surface area (Å²) in [4.78, 5) is 2.34. The average molecular weight is 577 g/mol. The molecule has 4 aliphatic rings. The molecule has 0 bridgehead atoms. The van der Waals surface area contributed by atoms with Gasteiger partial charge in [-0.2, -0.15) is 0 Å². The molecule has 186 valence electrons. The van der Waals surface area contributed by atoms with Gasteiger partial charge in [0.15, 0.2) is 0 Å². The first-order chi connectivity index (χ1) is 16.6. The summed E-state index contributed by atoms with van der Waals surface area (Å²) in [5, 5.41) is 1.92. The van der Waals surface area contributed by atoms with E-state index in [1.807, 2.05) is 76.0 Å². The molecule has 1 atom stereocenters. The monoisotopic (exact) mass is 577 g/mol. The Morgan fingerprint density at radius 3 is 1.50 bits per heavy atom. The van der Waals surface area contributed by atoms with E-state index in [1.54, 1.807) is 0 Å². The van der Waals surface area contributed by atoms with E-state index in [0.29, 0.717) is 5.25 Å². The van der Waals surface area contributed by atoms with Crippen molar-refractivity contribution in [2.45, 2.75) is 24.6 Å². The molecule has 36 heavy (non-hydrogen) atoms. The third kappa shape index (κ3) is 9.64. The Balaban J connectivity index is 0.000000448. The second-order valence-corrected chi connectivity index (χ2v) is 10.2. The molecule has 1 aromatic carbocycles. The summed E-state index contributed by atoms with van der Waals surface area (Å²) < 4.78 is 0. The van der Waals surface area contributed by atoms with Gasteiger partial charge in [-0.05, 0) is 134 Å². The Kier molecular flexibility index (Phi) is 18.1.